The quantitative estimate of drug-likeness (QED) is 0.719. The molecule has 1 aromatic carbocycles. The van der Waals surface area contributed by atoms with E-state index < -0.39 is 23.1 Å². The molecule has 1 rings (SSSR count). The van der Waals surface area contributed by atoms with Crippen molar-refractivity contribution in [3.05, 3.63) is 33.8 Å². The molecule has 0 aliphatic rings. The molecular formula is C15H19BrF2N2O2. The van der Waals surface area contributed by atoms with Crippen molar-refractivity contribution in [2.75, 3.05) is 13.1 Å². The third kappa shape index (κ3) is 4.10. The van der Waals surface area contributed by atoms with Gasteiger partial charge in [0.25, 0.3) is 0 Å². The van der Waals surface area contributed by atoms with E-state index in [0.717, 1.165) is 0 Å². The van der Waals surface area contributed by atoms with Gasteiger partial charge in [0.05, 0.1) is 11.0 Å². The lowest BCUT2D eigenvalue weighted by molar-refractivity contribution is -0.131. The average Bonchev–Trinajstić information content (AvgIpc) is 2.47. The smallest absolute Gasteiger partial charge is 0.235 e. The first-order valence-corrected chi connectivity index (χ1v) is 7.75. The molecule has 4 nitrogen and oxygen atoms in total. The van der Waals surface area contributed by atoms with Gasteiger partial charge in [0, 0.05) is 18.1 Å². The van der Waals surface area contributed by atoms with Crippen LogP contribution in [0.2, 0.25) is 0 Å². The van der Waals surface area contributed by atoms with E-state index in [0.29, 0.717) is 12.6 Å². The molecule has 0 radical (unpaired) electrons. The summed E-state index contributed by atoms with van der Waals surface area (Å²) in [7, 11) is 0. The number of benzene rings is 1. The fourth-order valence-corrected chi connectivity index (χ4v) is 2.45. The Morgan fingerprint density at radius 1 is 1.23 bits per heavy atom. The summed E-state index contributed by atoms with van der Waals surface area (Å²) in [5.74, 6) is -2.46. The molecule has 22 heavy (non-hydrogen) atoms. The summed E-state index contributed by atoms with van der Waals surface area (Å²) in [5.41, 5.74) is -1.63. The molecule has 0 saturated heterocycles. The monoisotopic (exact) mass is 376 g/mol. The molecule has 0 aliphatic carbocycles. The van der Waals surface area contributed by atoms with Crippen LogP contribution in [-0.2, 0) is 15.1 Å². The summed E-state index contributed by atoms with van der Waals surface area (Å²) in [5, 5.41) is 5.38. The van der Waals surface area contributed by atoms with Crippen molar-refractivity contribution < 1.29 is 18.4 Å². The van der Waals surface area contributed by atoms with Gasteiger partial charge in [-0.05, 0) is 35.5 Å². The van der Waals surface area contributed by atoms with Crippen molar-refractivity contribution in [2.24, 2.45) is 0 Å². The molecule has 0 aliphatic heterocycles. The molecule has 0 saturated carbocycles. The van der Waals surface area contributed by atoms with Crippen molar-refractivity contribution in [1.82, 2.24) is 10.6 Å². The van der Waals surface area contributed by atoms with Gasteiger partial charge < -0.3 is 10.6 Å². The Bertz CT molecular complexity index is 581. The molecule has 0 fully saturated rings. The van der Waals surface area contributed by atoms with E-state index in [2.05, 4.69) is 26.6 Å². The van der Waals surface area contributed by atoms with Gasteiger partial charge in [-0.2, -0.15) is 0 Å². The van der Waals surface area contributed by atoms with Gasteiger partial charge in [0.15, 0.2) is 5.78 Å². The van der Waals surface area contributed by atoms with Crippen LogP contribution in [0.15, 0.2) is 16.6 Å². The standard InChI is InChI=1S/C15H19BrF2N2O2/c1-4-13(21)15(3,20-14(22)8-19-5-2)9-6-10(16)12(18)7-11(9)17/h6-7,19H,4-5,8H2,1-3H3,(H,20,22). The second-order valence-electron chi connectivity index (χ2n) is 4.98. The van der Waals surface area contributed by atoms with E-state index in [9.17, 15) is 18.4 Å². The number of Topliss-reactive ketones (excluding diaryl/α,β-unsaturated/α-hetero) is 1. The minimum Gasteiger partial charge on any atom is -0.339 e. The number of hydrogen-bond acceptors (Lipinski definition) is 3. The number of ketones is 1. The third-order valence-electron chi connectivity index (χ3n) is 3.35. The normalized spacial score (nSPS) is 13.5. The van der Waals surface area contributed by atoms with Gasteiger partial charge in [-0.25, -0.2) is 8.78 Å². The SMILES string of the molecule is CCNCC(=O)NC(C)(C(=O)CC)c1cc(Br)c(F)cc1F. The van der Waals surface area contributed by atoms with Crippen LogP contribution in [0.5, 0.6) is 0 Å². The lowest BCUT2D eigenvalue weighted by atomic mass is 9.85. The number of nitrogens with one attached hydrogen (secondary N) is 2. The Balaban J connectivity index is 3.25. The van der Waals surface area contributed by atoms with E-state index in [-0.39, 0.29) is 28.8 Å². The number of hydrogen-bond donors (Lipinski definition) is 2. The van der Waals surface area contributed by atoms with Crippen LogP contribution in [-0.4, -0.2) is 24.8 Å². The van der Waals surface area contributed by atoms with Crippen LogP contribution >= 0.6 is 15.9 Å². The minimum atomic E-state index is -1.55. The topological polar surface area (TPSA) is 58.2 Å². The van der Waals surface area contributed by atoms with E-state index >= 15 is 0 Å². The summed E-state index contributed by atoms with van der Waals surface area (Å²) in [6.45, 7) is 5.47. The summed E-state index contributed by atoms with van der Waals surface area (Å²) in [6, 6.07) is 1.88. The predicted molar refractivity (Wildman–Crippen MR) is 83.4 cm³/mol. The Morgan fingerprint density at radius 3 is 2.41 bits per heavy atom. The molecule has 122 valence electrons. The van der Waals surface area contributed by atoms with Crippen molar-refractivity contribution in [2.45, 2.75) is 32.7 Å². The first-order chi connectivity index (χ1) is 10.3. The zero-order valence-corrected chi connectivity index (χ0v) is 14.3. The molecule has 0 bridgehead atoms. The number of halogens is 3. The van der Waals surface area contributed by atoms with Crippen molar-refractivity contribution in [3.63, 3.8) is 0 Å². The first kappa shape index (κ1) is 18.7. The van der Waals surface area contributed by atoms with Crippen molar-refractivity contribution in [1.29, 1.82) is 0 Å². The number of rotatable bonds is 7. The summed E-state index contributed by atoms with van der Waals surface area (Å²) >= 11 is 2.97. The Morgan fingerprint density at radius 2 is 1.86 bits per heavy atom. The highest BCUT2D eigenvalue weighted by Crippen LogP contribution is 2.30. The van der Waals surface area contributed by atoms with E-state index in [4.69, 9.17) is 0 Å². The molecule has 1 amide bonds. The van der Waals surface area contributed by atoms with Gasteiger partial charge >= 0.3 is 0 Å². The van der Waals surface area contributed by atoms with Gasteiger partial charge in [0.1, 0.15) is 17.2 Å². The van der Waals surface area contributed by atoms with Crippen LogP contribution in [0.4, 0.5) is 8.78 Å². The molecule has 0 spiro atoms. The van der Waals surface area contributed by atoms with E-state index in [1.54, 1.807) is 6.92 Å². The van der Waals surface area contributed by atoms with Crippen molar-refractivity contribution in [3.8, 4) is 0 Å². The Kier molecular flexibility index (Phi) is 6.62. The largest absolute Gasteiger partial charge is 0.339 e. The maximum atomic E-state index is 14.1. The second kappa shape index (κ2) is 7.78. The molecule has 0 aromatic heterocycles. The van der Waals surface area contributed by atoms with Crippen molar-refractivity contribution >= 4 is 27.6 Å². The first-order valence-electron chi connectivity index (χ1n) is 6.96. The Labute approximate surface area is 136 Å². The predicted octanol–water partition coefficient (Wildman–Crippen LogP) is 2.65. The fourth-order valence-electron chi connectivity index (χ4n) is 2.11. The number of amides is 1. The lowest BCUT2D eigenvalue weighted by Crippen LogP contribution is -2.52. The molecule has 1 aromatic rings. The number of carbonyl (C=O) groups excluding carboxylic acids is 2. The highest BCUT2D eigenvalue weighted by Gasteiger charge is 2.38. The number of carbonyl (C=O) groups is 2. The average molecular weight is 377 g/mol. The highest BCUT2D eigenvalue weighted by atomic mass is 79.9. The molecule has 0 heterocycles. The third-order valence-corrected chi connectivity index (χ3v) is 3.96. The Hall–Kier alpha value is -1.34. The summed E-state index contributed by atoms with van der Waals surface area (Å²) < 4.78 is 27.6. The van der Waals surface area contributed by atoms with Crippen LogP contribution in [0, 0.1) is 11.6 Å². The molecule has 7 heteroatoms. The summed E-state index contributed by atoms with van der Waals surface area (Å²) in [4.78, 5) is 24.2. The zero-order chi connectivity index (χ0) is 16.9. The molecular weight excluding hydrogens is 358 g/mol. The molecule has 1 atom stereocenters. The van der Waals surface area contributed by atoms with Gasteiger partial charge in [-0.15, -0.1) is 0 Å². The second-order valence-corrected chi connectivity index (χ2v) is 5.83. The van der Waals surface area contributed by atoms with Gasteiger partial charge in [-0.1, -0.05) is 13.8 Å². The van der Waals surface area contributed by atoms with Crippen LogP contribution < -0.4 is 10.6 Å². The fraction of sp³-hybridized carbons (Fsp3) is 0.467. The maximum absolute atomic E-state index is 14.1. The lowest BCUT2D eigenvalue weighted by Gasteiger charge is -2.30. The zero-order valence-electron chi connectivity index (χ0n) is 12.7. The van der Waals surface area contributed by atoms with E-state index in [1.165, 1.54) is 13.0 Å². The molecule has 2 N–H and O–H groups in total. The summed E-state index contributed by atoms with van der Waals surface area (Å²) in [6.07, 6.45) is 0.104. The van der Waals surface area contributed by atoms with Gasteiger partial charge in [0.2, 0.25) is 5.91 Å². The van der Waals surface area contributed by atoms with E-state index in [1.807, 2.05) is 6.92 Å². The minimum absolute atomic E-state index is 0.00701. The number of likely N-dealkylation sites (N-methyl/N-ethyl adjacent to an activating group) is 1. The van der Waals surface area contributed by atoms with Crippen LogP contribution in [0.3, 0.4) is 0 Å². The maximum Gasteiger partial charge on any atom is 0.235 e. The van der Waals surface area contributed by atoms with Crippen LogP contribution in [0.1, 0.15) is 32.8 Å². The van der Waals surface area contributed by atoms with Crippen LogP contribution in [0.25, 0.3) is 0 Å². The highest BCUT2D eigenvalue weighted by molar-refractivity contribution is 9.10. The molecule has 1 unspecified atom stereocenters. The van der Waals surface area contributed by atoms with Gasteiger partial charge in [-0.3, -0.25) is 9.59 Å².